The molecule has 7 nitrogen and oxygen atoms in total. The number of anilines is 2. The summed E-state index contributed by atoms with van der Waals surface area (Å²) in [6.07, 6.45) is 1.67. The maximum atomic E-state index is 13.0. The molecule has 1 fully saturated rings. The van der Waals surface area contributed by atoms with Crippen molar-refractivity contribution in [3.8, 4) is 16.9 Å². The summed E-state index contributed by atoms with van der Waals surface area (Å²) in [6, 6.07) is 23.4. The molecule has 208 valence electrons. The van der Waals surface area contributed by atoms with Crippen molar-refractivity contribution in [2.24, 2.45) is 0 Å². The van der Waals surface area contributed by atoms with Crippen molar-refractivity contribution in [1.82, 2.24) is 9.88 Å². The smallest absolute Gasteiger partial charge is 0.387 e. The average molecular weight is 554 g/mol. The van der Waals surface area contributed by atoms with Gasteiger partial charge in [0.2, 0.25) is 0 Å². The normalized spacial score (nSPS) is 13.6. The van der Waals surface area contributed by atoms with Crippen LogP contribution in [0.1, 0.15) is 21.5 Å². The van der Waals surface area contributed by atoms with Crippen molar-refractivity contribution in [3.63, 3.8) is 0 Å². The van der Waals surface area contributed by atoms with Crippen LogP contribution >= 0.6 is 0 Å². The predicted octanol–water partition coefficient (Wildman–Crippen LogP) is 6.78. The maximum Gasteiger partial charge on any atom is 0.387 e. The van der Waals surface area contributed by atoms with E-state index in [1.54, 1.807) is 36.5 Å². The number of aryl methyl sites for hydroxylation is 1. The molecule has 1 aliphatic rings. The zero-order chi connectivity index (χ0) is 28.8. The second-order valence-electron chi connectivity index (χ2n) is 9.83. The number of hydrogen-bond donors (Lipinski definition) is 1. The highest BCUT2D eigenvalue weighted by atomic mass is 19.3. The van der Waals surface area contributed by atoms with Gasteiger partial charge in [0, 0.05) is 38.3 Å². The lowest BCUT2D eigenvalue weighted by molar-refractivity contribution is -0.0498. The van der Waals surface area contributed by atoms with E-state index in [1.165, 1.54) is 0 Å². The van der Waals surface area contributed by atoms with Gasteiger partial charge in [-0.3, -0.25) is 9.69 Å². The Morgan fingerprint density at radius 1 is 1.00 bits per heavy atom. The molecular weight excluding hydrogens is 524 g/mol. The molecule has 9 heteroatoms. The molecule has 1 aliphatic heterocycles. The molecule has 41 heavy (non-hydrogen) atoms. The summed E-state index contributed by atoms with van der Waals surface area (Å²) >= 11 is 0. The topological polar surface area (TPSA) is 62.1 Å². The number of piperazine rings is 1. The minimum absolute atomic E-state index is 0.159. The predicted molar refractivity (Wildman–Crippen MR) is 156 cm³/mol. The number of aromatic nitrogens is 1. The monoisotopic (exact) mass is 553 g/mol. The molecule has 0 atom stereocenters. The SMILES string of the molecule is [C-]#[N+]c1ccc(-c2cc(C(=O)Nc3ccc(N4CCN(Cc5ccc(OC(F)F)cc5)CC4)nc3)ccc2C)cc1. The van der Waals surface area contributed by atoms with Crippen molar-refractivity contribution in [2.45, 2.75) is 20.1 Å². The Morgan fingerprint density at radius 3 is 2.37 bits per heavy atom. The lowest BCUT2D eigenvalue weighted by atomic mass is 9.97. The number of alkyl halides is 2. The summed E-state index contributed by atoms with van der Waals surface area (Å²) in [4.78, 5) is 25.5. The quantitative estimate of drug-likeness (QED) is 0.244. The summed E-state index contributed by atoms with van der Waals surface area (Å²) in [6.45, 7) is 10.3. The van der Waals surface area contributed by atoms with Gasteiger partial charge in [-0.2, -0.15) is 8.78 Å². The molecule has 0 radical (unpaired) electrons. The Labute approximate surface area is 237 Å². The molecule has 1 aromatic heterocycles. The molecule has 1 saturated heterocycles. The van der Waals surface area contributed by atoms with Gasteiger partial charge in [0.25, 0.3) is 5.91 Å². The molecule has 3 aromatic carbocycles. The number of nitrogens with zero attached hydrogens (tertiary/aromatic N) is 4. The van der Waals surface area contributed by atoms with E-state index < -0.39 is 6.61 Å². The van der Waals surface area contributed by atoms with Crippen molar-refractivity contribution < 1.29 is 18.3 Å². The van der Waals surface area contributed by atoms with Crippen molar-refractivity contribution in [2.75, 3.05) is 36.4 Å². The van der Waals surface area contributed by atoms with Crippen LogP contribution in [0.2, 0.25) is 0 Å². The van der Waals surface area contributed by atoms with Crippen molar-refractivity contribution in [1.29, 1.82) is 0 Å². The van der Waals surface area contributed by atoms with Crippen LogP contribution in [0.25, 0.3) is 16.0 Å². The highest BCUT2D eigenvalue weighted by molar-refractivity contribution is 6.05. The summed E-state index contributed by atoms with van der Waals surface area (Å²) in [5.41, 5.74) is 5.70. The molecule has 2 heterocycles. The summed E-state index contributed by atoms with van der Waals surface area (Å²) in [5.74, 6) is 0.782. The van der Waals surface area contributed by atoms with Gasteiger partial charge < -0.3 is 15.0 Å². The van der Waals surface area contributed by atoms with E-state index >= 15 is 0 Å². The van der Waals surface area contributed by atoms with Crippen LogP contribution in [-0.4, -0.2) is 48.6 Å². The van der Waals surface area contributed by atoms with Gasteiger partial charge >= 0.3 is 6.61 Å². The zero-order valence-electron chi connectivity index (χ0n) is 22.6. The number of benzene rings is 3. The van der Waals surface area contributed by atoms with E-state index in [1.807, 2.05) is 55.5 Å². The van der Waals surface area contributed by atoms with Crippen LogP contribution in [0.15, 0.2) is 85.1 Å². The molecule has 0 saturated carbocycles. The minimum Gasteiger partial charge on any atom is -0.435 e. The number of carbonyl (C=O) groups is 1. The first kappa shape index (κ1) is 27.7. The van der Waals surface area contributed by atoms with Crippen LogP contribution in [-0.2, 0) is 6.54 Å². The van der Waals surface area contributed by atoms with E-state index in [0.29, 0.717) is 16.9 Å². The minimum atomic E-state index is -2.82. The summed E-state index contributed by atoms with van der Waals surface area (Å²) in [5, 5.41) is 2.93. The first-order valence-electron chi connectivity index (χ1n) is 13.2. The number of amides is 1. The third-order valence-electron chi connectivity index (χ3n) is 7.06. The first-order chi connectivity index (χ1) is 19.9. The number of hydrogen-bond acceptors (Lipinski definition) is 5. The second-order valence-corrected chi connectivity index (χ2v) is 9.83. The number of carbonyl (C=O) groups excluding carboxylic acids is 1. The van der Waals surface area contributed by atoms with E-state index in [2.05, 4.69) is 29.7 Å². The number of nitrogens with one attached hydrogen (secondary N) is 1. The number of ether oxygens (including phenoxy) is 1. The Balaban J connectivity index is 1.15. The Bertz CT molecular complexity index is 1530. The van der Waals surface area contributed by atoms with Gasteiger partial charge in [-0.1, -0.05) is 42.5 Å². The van der Waals surface area contributed by atoms with Crippen molar-refractivity contribution in [3.05, 3.63) is 113 Å². The molecular formula is C32H29F2N5O2. The van der Waals surface area contributed by atoms with E-state index in [4.69, 9.17) is 6.57 Å². The summed E-state index contributed by atoms with van der Waals surface area (Å²) < 4.78 is 29.1. The lowest BCUT2D eigenvalue weighted by Crippen LogP contribution is -2.46. The Hall–Kier alpha value is -4.81. The third-order valence-corrected chi connectivity index (χ3v) is 7.06. The largest absolute Gasteiger partial charge is 0.435 e. The number of rotatable bonds is 8. The Morgan fingerprint density at radius 2 is 1.73 bits per heavy atom. The lowest BCUT2D eigenvalue weighted by Gasteiger charge is -2.35. The number of halogens is 2. The average Bonchev–Trinajstić information content (AvgIpc) is 2.99. The molecule has 0 spiro atoms. The van der Waals surface area contributed by atoms with Crippen LogP contribution < -0.4 is 15.0 Å². The molecule has 4 aromatic rings. The maximum absolute atomic E-state index is 13.0. The highest BCUT2D eigenvalue weighted by Crippen LogP contribution is 2.27. The zero-order valence-corrected chi connectivity index (χ0v) is 22.6. The number of pyridine rings is 1. The van der Waals surface area contributed by atoms with Gasteiger partial charge in [0.05, 0.1) is 18.5 Å². The van der Waals surface area contributed by atoms with E-state index in [9.17, 15) is 13.6 Å². The molecule has 5 rings (SSSR count). The fourth-order valence-corrected chi connectivity index (χ4v) is 4.81. The Kier molecular flexibility index (Phi) is 8.51. The highest BCUT2D eigenvalue weighted by Gasteiger charge is 2.19. The van der Waals surface area contributed by atoms with E-state index in [-0.39, 0.29) is 11.7 Å². The standard InChI is InChI=1S/C32H29F2N5O2/c1-22-3-6-25(19-29(22)24-7-9-26(35-2)10-8-24)31(40)37-27-11-14-30(36-20-27)39-17-15-38(16-18-39)21-23-4-12-28(13-5-23)41-32(33)34/h3-14,19-20,32H,15-18,21H2,1H3,(H,37,40). The van der Waals surface area contributed by atoms with Crippen molar-refractivity contribution >= 4 is 23.1 Å². The van der Waals surface area contributed by atoms with Crippen LogP contribution in [0.4, 0.5) is 26.0 Å². The molecule has 1 amide bonds. The molecule has 0 aliphatic carbocycles. The van der Waals surface area contributed by atoms with Gasteiger partial charge in [0.1, 0.15) is 11.6 Å². The first-order valence-corrected chi connectivity index (χ1v) is 13.2. The molecule has 0 unspecified atom stereocenters. The van der Waals surface area contributed by atoms with Gasteiger partial charge in [0.15, 0.2) is 5.69 Å². The fourth-order valence-electron chi connectivity index (χ4n) is 4.81. The second kappa shape index (κ2) is 12.6. The molecule has 1 N–H and O–H groups in total. The fraction of sp³-hybridized carbons (Fsp3) is 0.219. The van der Waals surface area contributed by atoms with E-state index in [0.717, 1.165) is 60.8 Å². The van der Waals surface area contributed by atoms with Gasteiger partial charge in [-0.05, 0) is 65.6 Å². The third kappa shape index (κ3) is 7.04. The van der Waals surface area contributed by atoms with Crippen LogP contribution in [0.5, 0.6) is 5.75 Å². The van der Waals surface area contributed by atoms with Gasteiger partial charge in [-0.15, -0.1) is 0 Å². The molecule has 0 bridgehead atoms. The summed E-state index contributed by atoms with van der Waals surface area (Å²) in [7, 11) is 0. The van der Waals surface area contributed by atoms with Crippen LogP contribution in [0, 0.1) is 13.5 Å². The van der Waals surface area contributed by atoms with Crippen LogP contribution in [0.3, 0.4) is 0 Å². The van der Waals surface area contributed by atoms with Gasteiger partial charge in [-0.25, -0.2) is 9.83 Å².